The molecule has 0 saturated carbocycles. The molecule has 2 aromatic heterocycles. The molecule has 4 aromatic rings. The van der Waals surface area contributed by atoms with Gasteiger partial charge in [0.05, 0.1) is 11.4 Å². The minimum absolute atomic E-state index is 0.131. The molecule has 1 aliphatic rings. The number of nitrogens with zero attached hydrogens (tertiary/aromatic N) is 4. The molecule has 0 radical (unpaired) electrons. The Kier molecular flexibility index (Phi) is 5.68. The van der Waals surface area contributed by atoms with Crippen LogP contribution in [0, 0.1) is 0 Å². The van der Waals surface area contributed by atoms with Crippen LogP contribution in [0.3, 0.4) is 0 Å². The monoisotopic (exact) mass is 437 g/mol. The van der Waals surface area contributed by atoms with Gasteiger partial charge in [-0.2, -0.15) is 5.10 Å². The zero-order valence-electron chi connectivity index (χ0n) is 18.0. The van der Waals surface area contributed by atoms with Crippen LogP contribution in [-0.4, -0.2) is 33.1 Å². The second-order valence-corrected chi connectivity index (χ2v) is 7.90. The maximum Gasteiger partial charge on any atom is 0.251 e. The minimum atomic E-state index is -0.178. The van der Waals surface area contributed by atoms with Crippen LogP contribution in [-0.2, 0) is 11.3 Å². The summed E-state index contributed by atoms with van der Waals surface area (Å²) in [6.07, 6.45) is 6.85. The predicted molar refractivity (Wildman–Crippen MR) is 126 cm³/mol. The first kappa shape index (κ1) is 20.6. The lowest BCUT2D eigenvalue weighted by atomic mass is 10.1. The van der Waals surface area contributed by atoms with E-state index < -0.39 is 0 Å². The summed E-state index contributed by atoms with van der Waals surface area (Å²) in [4.78, 5) is 30.6. The van der Waals surface area contributed by atoms with Gasteiger partial charge in [0.2, 0.25) is 5.91 Å². The normalized spacial score (nSPS) is 13.3. The Bertz CT molecular complexity index is 1270. The van der Waals surface area contributed by atoms with Crippen molar-refractivity contribution in [3.63, 3.8) is 0 Å². The molecule has 33 heavy (non-hydrogen) atoms. The summed E-state index contributed by atoms with van der Waals surface area (Å²) in [5.41, 5.74) is 4.95. The van der Waals surface area contributed by atoms with Crippen LogP contribution in [0.5, 0.6) is 0 Å². The third-order valence-electron chi connectivity index (χ3n) is 5.72. The topological polar surface area (TPSA) is 80.1 Å². The summed E-state index contributed by atoms with van der Waals surface area (Å²) in [7, 11) is 0. The van der Waals surface area contributed by atoms with E-state index in [1.165, 1.54) is 0 Å². The van der Waals surface area contributed by atoms with E-state index in [0.717, 1.165) is 41.2 Å². The van der Waals surface area contributed by atoms with Gasteiger partial charge < -0.3 is 10.2 Å². The third kappa shape index (κ3) is 4.39. The lowest BCUT2D eigenvalue weighted by molar-refractivity contribution is -0.117. The first-order valence-electron chi connectivity index (χ1n) is 10.9. The lowest BCUT2D eigenvalue weighted by Crippen LogP contribution is -2.25. The molecule has 1 aliphatic heterocycles. The van der Waals surface area contributed by atoms with Crippen molar-refractivity contribution in [2.24, 2.45) is 0 Å². The van der Waals surface area contributed by atoms with Gasteiger partial charge in [-0.3, -0.25) is 14.6 Å². The molecular weight excluding hydrogens is 414 g/mol. The van der Waals surface area contributed by atoms with Crippen LogP contribution in [0.2, 0.25) is 0 Å². The number of carbonyl (C=O) groups excluding carboxylic acids is 2. The summed E-state index contributed by atoms with van der Waals surface area (Å²) < 4.78 is 1.82. The average Bonchev–Trinajstić information content (AvgIpc) is 3.50. The highest BCUT2D eigenvalue weighted by atomic mass is 16.2. The molecule has 0 bridgehead atoms. The molecular formula is C26H23N5O2. The fourth-order valence-electron chi connectivity index (χ4n) is 4.00. The third-order valence-corrected chi connectivity index (χ3v) is 5.72. The van der Waals surface area contributed by atoms with Crippen LogP contribution < -0.4 is 10.2 Å². The Morgan fingerprint density at radius 2 is 1.70 bits per heavy atom. The standard InChI is InChI=1S/C26H23N5O2/c32-24-7-4-16-30(24)22-10-8-20(9-11-22)26(33)28-17-21-18-31(23-5-2-1-3-6-23)29-25(21)19-12-14-27-15-13-19/h1-3,5-6,8-15,18H,4,7,16-17H2,(H,28,33). The summed E-state index contributed by atoms with van der Waals surface area (Å²) >= 11 is 0. The smallest absolute Gasteiger partial charge is 0.251 e. The first-order chi connectivity index (χ1) is 16.2. The van der Waals surface area contributed by atoms with Crippen LogP contribution in [0.4, 0.5) is 5.69 Å². The van der Waals surface area contributed by atoms with Gasteiger partial charge in [-0.15, -0.1) is 0 Å². The zero-order valence-corrected chi connectivity index (χ0v) is 18.0. The van der Waals surface area contributed by atoms with Crippen LogP contribution >= 0.6 is 0 Å². The fourth-order valence-corrected chi connectivity index (χ4v) is 4.00. The Morgan fingerprint density at radius 1 is 0.939 bits per heavy atom. The molecule has 164 valence electrons. The Balaban J connectivity index is 1.35. The molecule has 0 unspecified atom stereocenters. The maximum atomic E-state index is 12.8. The highest BCUT2D eigenvalue weighted by molar-refractivity contribution is 5.97. The molecule has 0 aliphatic carbocycles. The van der Waals surface area contributed by atoms with Crippen molar-refractivity contribution in [1.82, 2.24) is 20.1 Å². The van der Waals surface area contributed by atoms with Gasteiger partial charge in [0, 0.05) is 60.5 Å². The van der Waals surface area contributed by atoms with E-state index in [2.05, 4.69) is 10.3 Å². The van der Waals surface area contributed by atoms with Crippen molar-refractivity contribution < 1.29 is 9.59 Å². The van der Waals surface area contributed by atoms with Crippen molar-refractivity contribution in [1.29, 1.82) is 0 Å². The summed E-state index contributed by atoms with van der Waals surface area (Å²) in [5.74, 6) is -0.0475. The van der Waals surface area contributed by atoms with E-state index >= 15 is 0 Å². The molecule has 1 saturated heterocycles. The number of aromatic nitrogens is 3. The molecule has 7 nitrogen and oxygen atoms in total. The van der Waals surface area contributed by atoms with Gasteiger partial charge in [-0.1, -0.05) is 18.2 Å². The largest absolute Gasteiger partial charge is 0.348 e. The van der Waals surface area contributed by atoms with Crippen LogP contribution in [0.25, 0.3) is 16.9 Å². The molecule has 0 atom stereocenters. The predicted octanol–water partition coefficient (Wildman–Crippen LogP) is 3.99. The van der Waals surface area contributed by atoms with Crippen molar-refractivity contribution in [2.75, 3.05) is 11.4 Å². The number of rotatable bonds is 6. The highest BCUT2D eigenvalue weighted by Crippen LogP contribution is 2.24. The maximum absolute atomic E-state index is 12.8. The number of amides is 2. The van der Waals surface area contributed by atoms with E-state index in [-0.39, 0.29) is 11.8 Å². The second-order valence-electron chi connectivity index (χ2n) is 7.90. The van der Waals surface area contributed by atoms with E-state index in [1.807, 2.05) is 65.5 Å². The van der Waals surface area contributed by atoms with Gasteiger partial charge in [-0.05, 0) is 55.0 Å². The van der Waals surface area contributed by atoms with E-state index in [1.54, 1.807) is 29.4 Å². The lowest BCUT2D eigenvalue weighted by Gasteiger charge is -2.15. The minimum Gasteiger partial charge on any atom is -0.348 e. The molecule has 3 heterocycles. The number of hydrogen-bond acceptors (Lipinski definition) is 4. The quantitative estimate of drug-likeness (QED) is 0.495. The number of hydrogen-bond donors (Lipinski definition) is 1. The number of pyridine rings is 1. The van der Waals surface area contributed by atoms with Crippen molar-refractivity contribution >= 4 is 17.5 Å². The number of nitrogens with one attached hydrogen (secondary N) is 1. The SMILES string of the molecule is O=C(NCc1cn(-c2ccccc2)nc1-c1ccncc1)c1ccc(N2CCCC2=O)cc1. The van der Waals surface area contributed by atoms with Gasteiger partial charge in [0.1, 0.15) is 0 Å². The number of anilines is 1. The summed E-state index contributed by atoms with van der Waals surface area (Å²) in [5, 5.41) is 7.76. The van der Waals surface area contributed by atoms with Crippen LogP contribution in [0.15, 0.2) is 85.3 Å². The Hall–Kier alpha value is -4.26. The van der Waals surface area contributed by atoms with Crippen LogP contribution in [0.1, 0.15) is 28.8 Å². The number of para-hydroxylation sites is 1. The number of carbonyl (C=O) groups is 2. The summed E-state index contributed by atoms with van der Waals surface area (Å²) in [6, 6.07) is 20.8. The number of benzene rings is 2. The molecule has 2 amide bonds. The zero-order chi connectivity index (χ0) is 22.6. The van der Waals surface area contributed by atoms with Gasteiger partial charge in [0.15, 0.2) is 0 Å². The Labute approximate surface area is 191 Å². The Morgan fingerprint density at radius 3 is 2.39 bits per heavy atom. The molecule has 2 aromatic carbocycles. The molecule has 0 spiro atoms. The van der Waals surface area contributed by atoms with Gasteiger partial charge in [-0.25, -0.2) is 4.68 Å². The van der Waals surface area contributed by atoms with Gasteiger partial charge >= 0.3 is 0 Å². The molecule has 7 heteroatoms. The van der Waals surface area contributed by atoms with E-state index in [4.69, 9.17) is 5.10 Å². The van der Waals surface area contributed by atoms with E-state index in [0.29, 0.717) is 18.5 Å². The average molecular weight is 438 g/mol. The van der Waals surface area contributed by atoms with Gasteiger partial charge in [0.25, 0.3) is 5.91 Å². The first-order valence-corrected chi connectivity index (χ1v) is 10.9. The van der Waals surface area contributed by atoms with Crippen molar-refractivity contribution in [2.45, 2.75) is 19.4 Å². The van der Waals surface area contributed by atoms with E-state index in [9.17, 15) is 9.59 Å². The van der Waals surface area contributed by atoms with Crippen molar-refractivity contribution in [3.05, 3.63) is 96.4 Å². The summed E-state index contributed by atoms with van der Waals surface area (Å²) in [6.45, 7) is 1.06. The fraction of sp³-hybridized carbons (Fsp3) is 0.154. The second kappa shape index (κ2) is 9.08. The van der Waals surface area contributed by atoms with Crippen molar-refractivity contribution in [3.8, 4) is 16.9 Å². The highest BCUT2D eigenvalue weighted by Gasteiger charge is 2.21. The molecule has 5 rings (SSSR count). The molecule has 1 N–H and O–H groups in total. The molecule has 1 fully saturated rings.